The summed E-state index contributed by atoms with van der Waals surface area (Å²) in [6, 6.07) is 4.01. The normalized spacial score (nSPS) is 8.81. The van der Waals surface area contributed by atoms with Crippen molar-refractivity contribution in [2.45, 2.75) is 20.8 Å². The van der Waals surface area contributed by atoms with Gasteiger partial charge in [0.25, 0.3) is 5.91 Å². The average molecular weight is 227 g/mol. The van der Waals surface area contributed by atoms with Crippen LogP contribution in [0.1, 0.15) is 31.1 Å². The number of methoxy groups -OCH3 is 1. The molecule has 0 aliphatic rings. The van der Waals surface area contributed by atoms with Crippen molar-refractivity contribution in [2.24, 2.45) is 0 Å². The van der Waals surface area contributed by atoms with Crippen LogP contribution >= 0.6 is 0 Å². The van der Waals surface area contributed by atoms with Crippen molar-refractivity contribution in [2.75, 3.05) is 13.7 Å². The molecule has 0 atom stereocenters. The molecule has 16 heavy (non-hydrogen) atoms. The SMILES string of the molecule is CC.CCNC(=O)c1ccc(F)c(OC)c1. The van der Waals surface area contributed by atoms with Crippen LogP contribution in [-0.2, 0) is 0 Å². The van der Waals surface area contributed by atoms with Crippen molar-refractivity contribution in [3.05, 3.63) is 29.6 Å². The third kappa shape index (κ3) is 3.88. The summed E-state index contributed by atoms with van der Waals surface area (Å²) in [5.41, 5.74) is 0.394. The number of carbonyl (C=O) groups is 1. The Labute approximate surface area is 95.6 Å². The molecule has 3 nitrogen and oxygen atoms in total. The van der Waals surface area contributed by atoms with E-state index in [1.807, 2.05) is 20.8 Å². The second-order valence-corrected chi connectivity index (χ2v) is 2.71. The minimum absolute atomic E-state index is 0.0775. The lowest BCUT2D eigenvalue weighted by Gasteiger charge is -2.05. The highest BCUT2D eigenvalue weighted by Crippen LogP contribution is 2.17. The van der Waals surface area contributed by atoms with Crippen molar-refractivity contribution < 1.29 is 13.9 Å². The monoisotopic (exact) mass is 227 g/mol. The second kappa shape index (κ2) is 7.68. The van der Waals surface area contributed by atoms with Crippen LogP contribution in [0.15, 0.2) is 18.2 Å². The maximum atomic E-state index is 13.0. The molecule has 0 saturated carbocycles. The summed E-state index contributed by atoms with van der Waals surface area (Å²) in [6.45, 7) is 6.36. The molecule has 1 aromatic rings. The van der Waals surface area contributed by atoms with Crippen molar-refractivity contribution in [3.63, 3.8) is 0 Å². The Morgan fingerprint density at radius 3 is 2.56 bits per heavy atom. The van der Waals surface area contributed by atoms with Gasteiger partial charge in [-0.25, -0.2) is 4.39 Å². The highest BCUT2D eigenvalue weighted by Gasteiger charge is 2.08. The third-order valence-electron chi connectivity index (χ3n) is 1.75. The molecule has 0 unspecified atom stereocenters. The van der Waals surface area contributed by atoms with Gasteiger partial charge >= 0.3 is 0 Å². The van der Waals surface area contributed by atoms with E-state index in [4.69, 9.17) is 4.74 Å². The van der Waals surface area contributed by atoms with Crippen molar-refractivity contribution >= 4 is 5.91 Å². The lowest BCUT2D eigenvalue weighted by molar-refractivity contribution is 0.0955. The number of amides is 1. The second-order valence-electron chi connectivity index (χ2n) is 2.71. The van der Waals surface area contributed by atoms with Gasteiger partial charge in [0.2, 0.25) is 0 Å². The van der Waals surface area contributed by atoms with Gasteiger partial charge in [0.05, 0.1) is 7.11 Å². The molecule has 0 radical (unpaired) electrons. The molecular weight excluding hydrogens is 209 g/mol. The van der Waals surface area contributed by atoms with E-state index in [9.17, 15) is 9.18 Å². The Morgan fingerprint density at radius 2 is 2.06 bits per heavy atom. The molecule has 1 aromatic carbocycles. The zero-order valence-electron chi connectivity index (χ0n) is 10.1. The molecule has 1 N–H and O–H groups in total. The van der Waals surface area contributed by atoms with Crippen LogP contribution < -0.4 is 10.1 Å². The number of rotatable bonds is 3. The molecule has 1 amide bonds. The zero-order chi connectivity index (χ0) is 12.6. The highest BCUT2D eigenvalue weighted by molar-refractivity contribution is 5.94. The molecule has 0 fully saturated rings. The Morgan fingerprint density at radius 1 is 1.44 bits per heavy atom. The van der Waals surface area contributed by atoms with Gasteiger partial charge in [0, 0.05) is 12.1 Å². The number of hydrogen-bond acceptors (Lipinski definition) is 2. The Hall–Kier alpha value is -1.58. The molecule has 1 rings (SSSR count). The maximum absolute atomic E-state index is 13.0. The van der Waals surface area contributed by atoms with Gasteiger partial charge in [-0.15, -0.1) is 0 Å². The van der Waals surface area contributed by atoms with Crippen LogP contribution in [0.3, 0.4) is 0 Å². The first-order chi connectivity index (χ1) is 7.69. The molecule has 0 aliphatic carbocycles. The number of halogens is 1. The first-order valence-electron chi connectivity index (χ1n) is 5.30. The predicted molar refractivity (Wildman–Crippen MR) is 62.3 cm³/mol. The number of carbonyl (C=O) groups excluding carboxylic acids is 1. The number of nitrogens with one attached hydrogen (secondary N) is 1. The fourth-order valence-electron chi connectivity index (χ4n) is 1.06. The van der Waals surface area contributed by atoms with Crippen LogP contribution in [0.4, 0.5) is 4.39 Å². The fraction of sp³-hybridized carbons (Fsp3) is 0.417. The van der Waals surface area contributed by atoms with Gasteiger partial charge in [0.15, 0.2) is 11.6 Å². The van der Waals surface area contributed by atoms with Gasteiger partial charge in [-0.3, -0.25) is 4.79 Å². The Kier molecular flexibility index (Phi) is 6.92. The maximum Gasteiger partial charge on any atom is 0.251 e. The van der Waals surface area contributed by atoms with Crippen molar-refractivity contribution in [1.82, 2.24) is 5.32 Å². The summed E-state index contributed by atoms with van der Waals surface area (Å²) in [4.78, 5) is 11.3. The fourth-order valence-corrected chi connectivity index (χ4v) is 1.06. The predicted octanol–water partition coefficient (Wildman–Crippen LogP) is 2.61. The van der Waals surface area contributed by atoms with E-state index >= 15 is 0 Å². The molecule has 0 heterocycles. The van der Waals surface area contributed by atoms with Gasteiger partial charge < -0.3 is 10.1 Å². The Balaban J connectivity index is 0.00000106. The molecule has 0 aromatic heterocycles. The van der Waals surface area contributed by atoms with E-state index in [1.165, 1.54) is 25.3 Å². The molecule has 0 saturated heterocycles. The van der Waals surface area contributed by atoms with E-state index in [-0.39, 0.29) is 11.7 Å². The molecule has 90 valence electrons. The first kappa shape index (κ1) is 14.4. The summed E-state index contributed by atoms with van der Waals surface area (Å²) in [5, 5.41) is 2.62. The van der Waals surface area contributed by atoms with Crippen LogP contribution in [0.5, 0.6) is 5.75 Å². The molecular formula is C12H18FNO2. The van der Waals surface area contributed by atoms with Crippen LogP contribution in [0.25, 0.3) is 0 Å². The summed E-state index contributed by atoms with van der Waals surface area (Å²) < 4.78 is 17.7. The van der Waals surface area contributed by atoms with E-state index in [0.29, 0.717) is 12.1 Å². The summed E-state index contributed by atoms with van der Waals surface area (Å²) in [6.07, 6.45) is 0. The van der Waals surface area contributed by atoms with Gasteiger partial charge in [-0.2, -0.15) is 0 Å². The van der Waals surface area contributed by atoms with Crippen LogP contribution in [-0.4, -0.2) is 19.6 Å². The minimum Gasteiger partial charge on any atom is -0.494 e. The van der Waals surface area contributed by atoms with Crippen molar-refractivity contribution in [3.8, 4) is 5.75 Å². The third-order valence-corrected chi connectivity index (χ3v) is 1.75. The molecule has 0 bridgehead atoms. The Bertz CT molecular complexity index is 340. The van der Waals surface area contributed by atoms with E-state index in [2.05, 4.69) is 5.32 Å². The molecule has 0 aliphatic heterocycles. The quantitative estimate of drug-likeness (QED) is 0.862. The topological polar surface area (TPSA) is 38.3 Å². The lowest BCUT2D eigenvalue weighted by Crippen LogP contribution is -2.22. The smallest absolute Gasteiger partial charge is 0.251 e. The number of ether oxygens (including phenoxy) is 1. The minimum atomic E-state index is -0.472. The van der Waals surface area contributed by atoms with Crippen LogP contribution in [0.2, 0.25) is 0 Å². The highest BCUT2D eigenvalue weighted by atomic mass is 19.1. The summed E-state index contributed by atoms with van der Waals surface area (Å²) in [7, 11) is 1.36. The van der Waals surface area contributed by atoms with E-state index in [1.54, 1.807) is 0 Å². The lowest BCUT2D eigenvalue weighted by atomic mass is 10.2. The van der Waals surface area contributed by atoms with Gasteiger partial charge in [0.1, 0.15) is 0 Å². The average Bonchev–Trinajstić information content (AvgIpc) is 2.32. The largest absolute Gasteiger partial charge is 0.494 e. The first-order valence-corrected chi connectivity index (χ1v) is 5.30. The number of benzene rings is 1. The van der Waals surface area contributed by atoms with Crippen LogP contribution in [0, 0.1) is 5.82 Å². The number of hydrogen-bond donors (Lipinski definition) is 1. The molecule has 4 heteroatoms. The van der Waals surface area contributed by atoms with Gasteiger partial charge in [-0.1, -0.05) is 13.8 Å². The van der Waals surface area contributed by atoms with E-state index in [0.717, 1.165) is 0 Å². The molecule has 0 spiro atoms. The van der Waals surface area contributed by atoms with E-state index < -0.39 is 5.82 Å². The standard InChI is InChI=1S/C10H12FNO2.C2H6/c1-3-12-10(13)7-4-5-8(11)9(6-7)14-2;1-2/h4-6H,3H2,1-2H3,(H,12,13);1-2H3. The summed E-state index contributed by atoms with van der Waals surface area (Å²) >= 11 is 0. The van der Waals surface area contributed by atoms with Gasteiger partial charge in [-0.05, 0) is 25.1 Å². The van der Waals surface area contributed by atoms with Crippen molar-refractivity contribution in [1.29, 1.82) is 0 Å². The summed E-state index contributed by atoms with van der Waals surface area (Å²) in [5.74, 6) is -0.625. The zero-order valence-corrected chi connectivity index (χ0v) is 10.1.